The molecule has 2 heterocycles. The van der Waals surface area contributed by atoms with E-state index in [1.165, 1.54) is 16.8 Å². The molecule has 0 bridgehead atoms. The van der Waals surface area contributed by atoms with Gasteiger partial charge in [0.15, 0.2) is 11.5 Å². The third-order valence-electron chi connectivity index (χ3n) is 5.93. The van der Waals surface area contributed by atoms with Crippen molar-refractivity contribution in [2.75, 3.05) is 44.4 Å². The van der Waals surface area contributed by atoms with Crippen molar-refractivity contribution in [3.05, 3.63) is 53.1 Å². The first kappa shape index (κ1) is 19.6. The van der Waals surface area contributed by atoms with E-state index in [2.05, 4.69) is 47.2 Å². The van der Waals surface area contributed by atoms with E-state index in [0.29, 0.717) is 6.54 Å². The first-order valence-electron chi connectivity index (χ1n) is 10.2. The summed E-state index contributed by atoms with van der Waals surface area (Å²) in [5.41, 5.74) is 4.99. The van der Waals surface area contributed by atoms with E-state index in [1.54, 1.807) is 0 Å². The lowest BCUT2D eigenvalue weighted by atomic mass is 10.1. The van der Waals surface area contributed by atoms with E-state index >= 15 is 0 Å². The predicted molar refractivity (Wildman–Crippen MR) is 114 cm³/mol. The summed E-state index contributed by atoms with van der Waals surface area (Å²) in [6, 6.07) is 12.2. The molecular weight excluding hydrogens is 366 g/mol. The van der Waals surface area contributed by atoms with Crippen LogP contribution in [0.4, 0.5) is 5.69 Å². The molecule has 1 atom stereocenters. The molecule has 6 heteroatoms. The standard InChI is InChI=1S/C23H29N3O3/c1-16-5-4-6-20(17(16)2)26-11-9-25(10-12-26)14-23(27)24-18(3)19-7-8-21-22(13-19)29-15-28-21/h4-8,13,18H,9-12,14-15H2,1-3H3,(H,24,27)/t18-/m0/s1. The van der Waals surface area contributed by atoms with Gasteiger partial charge in [0, 0.05) is 31.9 Å². The number of ether oxygens (including phenoxy) is 2. The molecule has 2 aliphatic heterocycles. The van der Waals surface area contributed by atoms with Crippen molar-refractivity contribution < 1.29 is 14.3 Å². The van der Waals surface area contributed by atoms with Gasteiger partial charge < -0.3 is 19.7 Å². The van der Waals surface area contributed by atoms with Gasteiger partial charge in [0.05, 0.1) is 12.6 Å². The van der Waals surface area contributed by atoms with Gasteiger partial charge >= 0.3 is 0 Å². The van der Waals surface area contributed by atoms with Gasteiger partial charge in [0.25, 0.3) is 0 Å². The van der Waals surface area contributed by atoms with E-state index < -0.39 is 0 Å². The van der Waals surface area contributed by atoms with Crippen LogP contribution in [-0.2, 0) is 4.79 Å². The molecule has 1 saturated heterocycles. The molecule has 6 nitrogen and oxygen atoms in total. The molecule has 0 aromatic heterocycles. The molecule has 0 spiro atoms. The summed E-state index contributed by atoms with van der Waals surface area (Å²) >= 11 is 0. The Kier molecular flexibility index (Phi) is 5.62. The summed E-state index contributed by atoms with van der Waals surface area (Å²) < 4.78 is 10.8. The van der Waals surface area contributed by atoms with Crippen LogP contribution in [0, 0.1) is 13.8 Å². The fraction of sp³-hybridized carbons (Fsp3) is 0.435. The molecule has 154 valence electrons. The highest BCUT2D eigenvalue weighted by Gasteiger charge is 2.22. The molecule has 2 aliphatic rings. The summed E-state index contributed by atoms with van der Waals surface area (Å²) in [5, 5.41) is 3.10. The smallest absolute Gasteiger partial charge is 0.234 e. The van der Waals surface area contributed by atoms with Gasteiger partial charge in [-0.25, -0.2) is 0 Å². The second-order valence-electron chi connectivity index (χ2n) is 7.88. The Labute approximate surface area is 172 Å². The van der Waals surface area contributed by atoms with E-state index in [9.17, 15) is 4.79 Å². The van der Waals surface area contributed by atoms with Crippen LogP contribution in [0.2, 0.25) is 0 Å². The maximum atomic E-state index is 12.6. The number of hydrogen-bond acceptors (Lipinski definition) is 5. The first-order chi connectivity index (χ1) is 14.0. The van der Waals surface area contributed by atoms with Crippen LogP contribution < -0.4 is 19.7 Å². The molecule has 29 heavy (non-hydrogen) atoms. The third kappa shape index (κ3) is 4.32. The first-order valence-corrected chi connectivity index (χ1v) is 10.2. The third-order valence-corrected chi connectivity index (χ3v) is 5.93. The van der Waals surface area contributed by atoms with E-state index in [1.807, 2.05) is 25.1 Å². The fourth-order valence-corrected chi connectivity index (χ4v) is 3.98. The summed E-state index contributed by atoms with van der Waals surface area (Å²) in [7, 11) is 0. The summed E-state index contributed by atoms with van der Waals surface area (Å²) in [5.74, 6) is 1.55. The summed E-state index contributed by atoms with van der Waals surface area (Å²) in [6.07, 6.45) is 0. The minimum absolute atomic E-state index is 0.0513. The zero-order chi connectivity index (χ0) is 20.4. The Bertz CT molecular complexity index is 891. The van der Waals surface area contributed by atoms with Crippen LogP contribution in [0.3, 0.4) is 0 Å². The number of piperazine rings is 1. The number of amides is 1. The lowest BCUT2D eigenvalue weighted by Gasteiger charge is -2.36. The number of anilines is 1. The molecule has 1 fully saturated rings. The van der Waals surface area contributed by atoms with Gasteiger partial charge in [-0.05, 0) is 55.7 Å². The Balaban J connectivity index is 1.28. The maximum Gasteiger partial charge on any atom is 0.234 e. The zero-order valence-corrected chi connectivity index (χ0v) is 17.4. The van der Waals surface area contributed by atoms with Crippen LogP contribution in [0.15, 0.2) is 36.4 Å². The maximum absolute atomic E-state index is 12.6. The molecule has 4 rings (SSSR count). The lowest BCUT2D eigenvalue weighted by Crippen LogP contribution is -2.49. The molecule has 0 saturated carbocycles. The lowest BCUT2D eigenvalue weighted by molar-refractivity contribution is -0.123. The fourth-order valence-electron chi connectivity index (χ4n) is 3.98. The SMILES string of the molecule is Cc1cccc(N2CCN(CC(=O)N[C@@H](C)c3ccc4c(c3)OCO4)CC2)c1C. The minimum atomic E-state index is -0.0757. The number of nitrogens with one attached hydrogen (secondary N) is 1. The quantitative estimate of drug-likeness (QED) is 0.843. The second kappa shape index (κ2) is 8.33. The van der Waals surface area contributed by atoms with Gasteiger partial charge in [-0.2, -0.15) is 0 Å². The predicted octanol–water partition coefficient (Wildman–Crippen LogP) is 3.03. The van der Waals surface area contributed by atoms with Crippen molar-refractivity contribution in [2.24, 2.45) is 0 Å². The van der Waals surface area contributed by atoms with Crippen molar-refractivity contribution in [3.63, 3.8) is 0 Å². The van der Waals surface area contributed by atoms with Gasteiger partial charge in [-0.15, -0.1) is 0 Å². The summed E-state index contributed by atoms with van der Waals surface area (Å²) in [4.78, 5) is 17.2. The summed E-state index contributed by atoms with van der Waals surface area (Å²) in [6.45, 7) is 10.7. The number of aryl methyl sites for hydroxylation is 1. The highest BCUT2D eigenvalue weighted by atomic mass is 16.7. The van der Waals surface area contributed by atoms with Gasteiger partial charge in [-0.1, -0.05) is 18.2 Å². The molecular formula is C23H29N3O3. The van der Waals surface area contributed by atoms with E-state index in [-0.39, 0.29) is 18.7 Å². The Morgan fingerprint density at radius 3 is 2.62 bits per heavy atom. The van der Waals surface area contributed by atoms with Crippen molar-refractivity contribution in [2.45, 2.75) is 26.8 Å². The monoisotopic (exact) mass is 395 g/mol. The number of nitrogens with zero attached hydrogens (tertiary/aromatic N) is 2. The Hall–Kier alpha value is -2.73. The number of carbonyl (C=O) groups is 1. The number of hydrogen-bond donors (Lipinski definition) is 1. The molecule has 0 aliphatic carbocycles. The Morgan fingerprint density at radius 1 is 1.07 bits per heavy atom. The van der Waals surface area contributed by atoms with Crippen molar-refractivity contribution in [1.29, 1.82) is 0 Å². The van der Waals surface area contributed by atoms with Gasteiger partial charge in [0.2, 0.25) is 12.7 Å². The number of carbonyl (C=O) groups excluding carboxylic acids is 1. The van der Waals surface area contributed by atoms with Crippen LogP contribution in [0.1, 0.15) is 29.7 Å². The molecule has 2 aromatic carbocycles. The molecule has 2 aromatic rings. The van der Waals surface area contributed by atoms with Crippen molar-refractivity contribution in [3.8, 4) is 11.5 Å². The van der Waals surface area contributed by atoms with Crippen molar-refractivity contribution >= 4 is 11.6 Å². The minimum Gasteiger partial charge on any atom is -0.454 e. The van der Waals surface area contributed by atoms with Crippen LogP contribution >= 0.6 is 0 Å². The number of fused-ring (bicyclic) bond motifs is 1. The zero-order valence-electron chi connectivity index (χ0n) is 17.4. The highest BCUT2D eigenvalue weighted by molar-refractivity contribution is 5.78. The number of benzene rings is 2. The van der Waals surface area contributed by atoms with Crippen LogP contribution in [0.5, 0.6) is 11.5 Å². The van der Waals surface area contributed by atoms with E-state index in [0.717, 1.165) is 43.2 Å². The van der Waals surface area contributed by atoms with E-state index in [4.69, 9.17) is 9.47 Å². The van der Waals surface area contributed by atoms with Crippen LogP contribution in [-0.4, -0.2) is 50.3 Å². The van der Waals surface area contributed by atoms with Crippen molar-refractivity contribution in [1.82, 2.24) is 10.2 Å². The topological polar surface area (TPSA) is 54.0 Å². The van der Waals surface area contributed by atoms with Crippen LogP contribution in [0.25, 0.3) is 0 Å². The van der Waals surface area contributed by atoms with Gasteiger partial charge in [0.1, 0.15) is 0 Å². The molecule has 1 N–H and O–H groups in total. The normalized spacial score (nSPS) is 17.3. The Morgan fingerprint density at radius 2 is 1.83 bits per heavy atom. The highest BCUT2D eigenvalue weighted by Crippen LogP contribution is 2.34. The molecule has 0 unspecified atom stereocenters. The van der Waals surface area contributed by atoms with Gasteiger partial charge in [-0.3, -0.25) is 9.69 Å². The molecule has 1 amide bonds. The molecule has 0 radical (unpaired) electrons. The average Bonchev–Trinajstić information content (AvgIpc) is 3.18. The number of rotatable bonds is 5. The average molecular weight is 396 g/mol. The second-order valence-corrected chi connectivity index (χ2v) is 7.88. The largest absolute Gasteiger partial charge is 0.454 e.